The van der Waals surface area contributed by atoms with Crippen LogP contribution in [0, 0.1) is 12.7 Å². The van der Waals surface area contributed by atoms with Gasteiger partial charge < -0.3 is 10.1 Å². The molecule has 2 aromatic carbocycles. The van der Waals surface area contributed by atoms with Crippen molar-refractivity contribution in [2.24, 2.45) is 0 Å². The molecule has 1 N–H and O–H groups in total. The molecule has 0 saturated carbocycles. The van der Waals surface area contributed by atoms with Crippen LogP contribution in [0.15, 0.2) is 42.5 Å². The van der Waals surface area contributed by atoms with E-state index in [-0.39, 0.29) is 11.7 Å². The Bertz CT molecular complexity index is 594. The highest BCUT2D eigenvalue weighted by atomic mass is 19.1. The molecule has 19 heavy (non-hydrogen) atoms. The number of carbonyl (C=O) groups excluding carboxylic acids is 1. The molecule has 0 radical (unpaired) electrons. The normalized spacial score (nSPS) is 10.1. The molecule has 0 spiro atoms. The molecule has 0 saturated heterocycles. The number of hydrogen-bond acceptors (Lipinski definition) is 2. The lowest BCUT2D eigenvalue weighted by atomic mass is 10.1. The van der Waals surface area contributed by atoms with E-state index in [0.29, 0.717) is 22.6 Å². The van der Waals surface area contributed by atoms with Crippen LogP contribution in [0.1, 0.15) is 15.9 Å². The summed E-state index contributed by atoms with van der Waals surface area (Å²) in [5.74, 6) is -0.0224. The van der Waals surface area contributed by atoms with E-state index in [4.69, 9.17) is 4.74 Å². The van der Waals surface area contributed by atoms with E-state index in [1.165, 1.54) is 6.07 Å². The van der Waals surface area contributed by atoms with Crippen LogP contribution in [-0.4, -0.2) is 13.0 Å². The predicted molar refractivity (Wildman–Crippen MR) is 72.1 cm³/mol. The third-order valence-electron chi connectivity index (χ3n) is 2.78. The predicted octanol–water partition coefficient (Wildman–Crippen LogP) is 3.40. The molecule has 2 rings (SSSR count). The maximum atomic E-state index is 13.4. The number of halogens is 1. The number of anilines is 1. The first-order valence-electron chi connectivity index (χ1n) is 5.81. The molecule has 0 aromatic heterocycles. The van der Waals surface area contributed by atoms with Crippen molar-refractivity contribution in [3.8, 4) is 5.75 Å². The van der Waals surface area contributed by atoms with Gasteiger partial charge in [0.15, 0.2) is 0 Å². The van der Waals surface area contributed by atoms with Crippen LogP contribution in [-0.2, 0) is 0 Å². The van der Waals surface area contributed by atoms with Crippen molar-refractivity contribution in [1.29, 1.82) is 0 Å². The van der Waals surface area contributed by atoms with Crippen molar-refractivity contribution in [1.82, 2.24) is 0 Å². The lowest BCUT2D eigenvalue weighted by Crippen LogP contribution is -2.12. The SMILES string of the molecule is COc1ccc(NC(=O)c2ccc(C)c(F)c2)cc1. The first kappa shape index (κ1) is 13.1. The molecule has 0 fully saturated rings. The topological polar surface area (TPSA) is 38.3 Å². The van der Waals surface area contributed by atoms with Crippen LogP contribution in [0.25, 0.3) is 0 Å². The summed E-state index contributed by atoms with van der Waals surface area (Å²) in [5, 5.41) is 2.70. The zero-order valence-corrected chi connectivity index (χ0v) is 10.7. The van der Waals surface area contributed by atoms with Gasteiger partial charge in [-0.25, -0.2) is 4.39 Å². The van der Waals surface area contributed by atoms with Crippen LogP contribution in [0.2, 0.25) is 0 Å². The molecule has 0 bridgehead atoms. The van der Waals surface area contributed by atoms with E-state index >= 15 is 0 Å². The molecule has 0 aliphatic heterocycles. The monoisotopic (exact) mass is 259 g/mol. The van der Waals surface area contributed by atoms with Gasteiger partial charge in [-0.2, -0.15) is 0 Å². The van der Waals surface area contributed by atoms with E-state index in [9.17, 15) is 9.18 Å². The van der Waals surface area contributed by atoms with Crippen LogP contribution >= 0.6 is 0 Å². The minimum atomic E-state index is -0.387. The third kappa shape index (κ3) is 3.10. The van der Waals surface area contributed by atoms with Gasteiger partial charge in [-0.15, -0.1) is 0 Å². The van der Waals surface area contributed by atoms with Crippen molar-refractivity contribution in [2.75, 3.05) is 12.4 Å². The quantitative estimate of drug-likeness (QED) is 0.917. The van der Waals surface area contributed by atoms with Crippen molar-refractivity contribution in [3.63, 3.8) is 0 Å². The number of benzene rings is 2. The lowest BCUT2D eigenvalue weighted by Gasteiger charge is -2.07. The molecule has 0 unspecified atom stereocenters. The Morgan fingerprint density at radius 3 is 2.42 bits per heavy atom. The Morgan fingerprint density at radius 2 is 1.84 bits per heavy atom. The van der Waals surface area contributed by atoms with Gasteiger partial charge in [0.05, 0.1) is 7.11 Å². The molecule has 0 atom stereocenters. The van der Waals surface area contributed by atoms with E-state index in [0.717, 1.165) is 0 Å². The highest BCUT2D eigenvalue weighted by Crippen LogP contribution is 2.16. The average Bonchev–Trinajstić information content (AvgIpc) is 2.42. The summed E-state index contributed by atoms with van der Waals surface area (Å²) in [6.07, 6.45) is 0. The third-order valence-corrected chi connectivity index (χ3v) is 2.78. The van der Waals surface area contributed by atoms with Gasteiger partial charge in [-0.05, 0) is 48.9 Å². The van der Waals surface area contributed by atoms with Gasteiger partial charge in [0.25, 0.3) is 5.91 Å². The number of methoxy groups -OCH3 is 1. The van der Waals surface area contributed by atoms with Crippen LogP contribution in [0.3, 0.4) is 0 Å². The number of amides is 1. The average molecular weight is 259 g/mol. The number of hydrogen-bond donors (Lipinski definition) is 1. The summed E-state index contributed by atoms with van der Waals surface area (Å²) in [4.78, 5) is 11.9. The maximum absolute atomic E-state index is 13.4. The minimum Gasteiger partial charge on any atom is -0.497 e. The maximum Gasteiger partial charge on any atom is 0.255 e. The Balaban J connectivity index is 2.13. The molecular weight excluding hydrogens is 245 g/mol. The van der Waals surface area contributed by atoms with E-state index in [1.807, 2.05) is 0 Å². The fourth-order valence-electron chi connectivity index (χ4n) is 1.61. The fraction of sp³-hybridized carbons (Fsp3) is 0.133. The number of carbonyl (C=O) groups is 1. The standard InChI is InChI=1S/C15H14FNO2/c1-10-3-4-11(9-14(10)16)15(18)17-12-5-7-13(19-2)8-6-12/h3-9H,1-2H3,(H,17,18). The summed E-state index contributed by atoms with van der Waals surface area (Å²) < 4.78 is 18.4. The fourth-order valence-corrected chi connectivity index (χ4v) is 1.61. The zero-order valence-electron chi connectivity index (χ0n) is 10.7. The number of aryl methyl sites for hydroxylation is 1. The second kappa shape index (κ2) is 5.52. The summed E-state index contributed by atoms with van der Waals surface area (Å²) in [6.45, 7) is 1.65. The molecule has 3 nitrogen and oxygen atoms in total. The Morgan fingerprint density at radius 1 is 1.16 bits per heavy atom. The molecule has 0 heterocycles. The molecule has 0 aliphatic rings. The van der Waals surface area contributed by atoms with Crippen molar-refractivity contribution in [2.45, 2.75) is 6.92 Å². The number of nitrogens with one attached hydrogen (secondary N) is 1. The van der Waals surface area contributed by atoms with Gasteiger partial charge in [0, 0.05) is 11.3 Å². The van der Waals surface area contributed by atoms with Gasteiger partial charge in [-0.3, -0.25) is 4.79 Å². The van der Waals surface area contributed by atoms with Crippen molar-refractivity contribution >= 4 is 11.6 Å². The largest absolute Gasteiger partial charge is 0.497 e. The second-order valence-corrected chi connectivity index (χ2v) is 4.15. The summed E-state index contributed by atoms with van der Waals surface area (Å²) in [5.41, 5.74) is 1.44. The number of rotatable bonds is 3. The van der Waals surface area contributed by atoms with Gasteiger partial charge in [-0.1, -0.05) is 6.07 Å². The lowest BCUT2D eigenvalue weighted by molar-refractivity contribution is 0.102. The highest BCUT2D eigenvalue weighted by molar-refractivity contribution is 6.04. The van der Waals surface area contributed by atoms with E-state index in [2.05, 4.69) is 5.32 Å². The van der Waals surface area contributed by atoms with Crippen LogP contribution in [0.5, 0.6) is 5.75 Å². The first-order valence-corrected chi connectivity index (χ1v) is 5.81. The van der Waals surface area contributed by atoms with Crippen molar-refractivity contribution in [3.05, 3.63) is 59.4 Å². The molecule has 2 aromatic rings. The molecule has 1 amide bonds. The summed E-state index contributed by atoms with van der Waals surface area (Å²) in [7, 11) is 1.57. The van der Waals surface area contributed by atoms with Gasteiger partial charge in [0.2, 0.25) is 0 Å². The first-order chi connectivity index (χ1) is 9.10. The smallest absolute Gasteiger partial charge is 0.255 e. The summed E-state index contributed by atoms with van der Waals surface area (Å²) in [6, 6.07) is 11.3. The molecule has 4 heteroatoms. The number of ether oxygens (including phenoxy) is 1. The second-order valence-electron chi connectivity index (χ2n) is 4.15. The Kier molecular flexibility index (Phi) is 3.80. The minimum absolute atomic E-state index is 0.291. The molecule has 98 valence electrons. The van der Waals surface area contributed by atoms with Gasteiger partial charge >= 0.3 is 0 Å². The van der Waals surface area contributed by atoms with Gasteiger partial charge in [0.1, 0.15) is 11.6 Å². The molecule has 0 aliphatic carbocycles. The highest BCUT2D eigenvalue weighted by Gasteiger charge is 2.08. The molecular formula is C15H14FNO2. The Labute approximate surface area is 111 Å². The zero-order chi connectivity index (χ0) is 13.8. The van der Waals surface area contributed by atoms with Crippen LogP contribution in [0.4, 0.5) is 10.1 Å². The van der Waals surface area contributed by atoms with Crippen molar-refractivity contribution < 1.29 is 13.9 Å². The van der Waals surface area contributed by atoms with E-state index < -0.39 is 0 Å². The van der Waals surface area contributed by atoms with E-state index in [1.54, 1.807) is 50.4 Å². The Hall–Kier alpha value is -2.36. The summed E-state index contributed by atoms with van der Waals surface area (Å²) >= 11 is 0. The van der Waals surface area contributed by atoms with Crippen LogP contribution < -0.4 is 10.1 Å².